The Morgan fingerprint density at radius 3 is 3.04 bits per heavy atom. The lowest BCUT2D eigenvalue weighted by Crippen LogP contribution is -2.65. The van der Waals surface area contributed by atoms with Crippen LogP contribution in [0.25, 0.3) is 0 Å². The van der Waals surface area contributed by atoms with Crippen molar-refractivity contribution in [2.45, 2.75) is 31.1 Å². The molecule has 3 heterocycles. The first-order valence-electron chi connectivity index (χ1n) is 8.67. The Hall–Kier alpha value is -2.18. The van der Waals surface area contributed by atoms with E-state index < -0.39 is 0 Å². The molecule has 2 aromatic rings. The summed E-state index contributed by atoms with van der Waals surface area (Å²) in [4.78, 5) is 10.7. The second-order valence-electron chi connectivity index (χ2n) is 6.80. The van der Waals surface area contributed by atoms with Crippen LogP contribution >= 0.6 is 0 Å². The van der Waals surface area contributed by atoms with Gasteiger partial charge in [-0.05, 0) is 17.7 Å². The third kappa shape index (κ3) is 3.75. The molecule has 0 bridgehead atoms. The molecule has 2 fully saturated rings. The fourth-order valence-electron chi connectivity index (χ4n) is 3.73. The molecule has 2 saturated heterocycles. The summed E-state index contributed by atoms with van der Waals surface area (Å²) in [6, 6.07) is 8.23. The Morgan fingerprint density at radius 2 is 2.24 bits per heavy atom. The maximum atomic E-state index is 6.10. The van der Waals surface area contributed by atoms with Crippen molar-refractivity contribution in [2.24, 2.45) is 0 Å². The first-order chi connectivity index (χ1) is 12.2. The highest BCUT2D eigenvalue weighted by Crippen LogP contribution is 2.36. The lowest BCUT2D eigenvalue weighted by atomic mass is 9.84. The summed E-state index contributed by atoms with van der Waals surface area (Å²) in [5, 5.41) is 0. The summed E-state index contributed by atoms with van der Waals surface area (Å²) >= 11 is 0. The number of methoxy groups -OCH3 is 1. The van der Waals surface area contributed by atoms with Gasteiger partial charge in [0.2, 0.25) is 5.88 Å². The zero-order chi connectivity index (χ0) is 17.1. The summed E-state index contributed by atoms with van der Waals surface area (Å²) in [7, 11) is 1.70. The van der Waals surface area contributed by atoms with Gasteiger partial charge in [0.15, 0.2) is 0 Å². The smallest absolute Gasteiger partial charge is 0.232 e. The highest BCUT2D eigenvalue weighted by Gasteiger charge is 2.48. The maximum absolute atomic E-state index is 6.10. The van der Waals surface area contributed by atoms with Gasteiger partial charge in [0, 0.05) is 44.9 Å². The Labute approximate surface area is 147 Å². The van der Waals surface area contributed by atoms with Crippen molar-refractivity contribution in [2.75, 3.05) is 26.8 Å². The van der Waals surface area contributed by atoms with Crippen LogP contribution in [0.15, 0.2) is 42.9 Å². The standard InChI is InChI=1S/C19H23N3O3/c1-23-16-4-2-3-15(9-16)12-22-13-19(14-22)10-17(5-8-24-19)25-18-11-20-6-7-21-18/h2-4,6-7,9,11,17H,5,8,10,12-14H2,1H3/t17-/m1/s1. The third-order valence-electron chi connectivity index (χ3n) is 4.84. The summed E-state index contributed by atoms with van der Waals surface area (Å²) in [6.45, 7) is 3.52. The van der Waals surface area contributed by atoms with Gasteiger partial charge in [0.1, 0.15) is 11.9 Å². The van der Waals surface area contributed by atoms with E-state index in [1.54, 1.807) is 25.7 Å². The maximum Gasteiger partial charge on any atom is 0.232 e. The Bertz CT molecular complexity index is 704. The van der Waals surface area contributed by atoms with Gasteiger partial charge >= 0.3 is 0 Å². The average molecular weight is 341 g/mol. The van der Waals surface area contributed by atoms with E-state index in [-0.39, 0.29) is 11.7 Å². The van der Waals surface area contributed by atoms with Gasteiger partial charge in [-0.15, -0.1) is 0 Å². The van der Waals surface area contributed by atoms with Crippen molar-refractivity contribution in [1.82, 2.24) is 14.9 Å². The van der Waals surface area contributed by atoms with Gasteiger partial charge in [-0.2, -0.15) is 0 Å². The molecular weight excluding hydrogens is 318 g/mol. The number of hydrogen-bond donors (Lipinski definition) is 0. The number of ether oxygens (including phenoxy) is 3. The normalized spacial score (nSPS) is 22.4. The van der Waals surface area contributed by atoms with E-state index in [2.05, 4.69) is 27.0 Å². The van der Waals surface area contributed by atoms with Crippen molar-refractivity contribution in [3.05, 3.63) is 48.4 Å². The van der Waals surface area contributed by atoms with Crippen LogP contribution in [0.2, 0.25) is 0 Å². The first-order valence-corrected chi connectivity index (χ1v) is 8.67. The van der Waals surface area contributed by atoms with Gasteiger partial charge in [-0.1, -0.05) is 12.1 Å². The van der Waals surface area contributed by atoms with Gasteiger partial charge in [0.05, 0.1) is 25.5 Å². The predicted molar refractivity (Wildman–Crippen MR) is 92.6 cm³/mol. The molecule has 6 heteroatoms. The number of aromatic nitrogens is 2. The second kappa shape index (κ2) is 6.98. The van der Waals surface area contributed by atoms with Crippen LogP contribution in [0, 0.1) is 0 Å². The van der Waals surface area contributed by atoms with E-state index in [4.69, 9.17) is 14.2 Å². The van der Waals surface area contributed by atoms with Crippen molar-refractivity contribution < 1.29 is 14.2 Å². The molecule has 2 aliphatic heterocycles. The number of hydrogen-bond acceptors (Lipinski definition) is 6. The average Bonchev–Trinajstić information content (AvgIpc) is 2.62. The Kier molecular flexibility index (Phi) is 4.55. The van der Waals surface area contributed by atoms with Crippen molar-refractivity contribution in [1.29, 1.82) is 0 Å². The third-order valence-corrected chi connectivity index (χ3v) is 4.84. The lowest BCUT2D eigenvalue weighted by molar-refractivity contribution is -0.188. The van der Waals surface area contributed by atoms with Crippen molar-refractivity contribution in [3.8, 4) is 11.6 Å². The lowest BCUT2D eigenvalue weighted by Gasteiger charge is -2.53. The predicted octanol–water partition coefficient (Wildman–Crippen LogP) is 2.30. The molecule has 1 aromatic heterocycles. The van der Waals surface area contributed by atoms with E-state index in [1.807, 2.05) is 12.1 Å². The summed E-state index contributed by atoms with van der Waals surface area (Å²) in [5.41, 5.74) is 1.18. The van der Waals surface area contributed by atoms with Crippen molar-refractivity contribution >= 4 is 0 Å². The van der Waals surface area contributed by atoms with E-state index in [1.165, 1.54) is 5.56 Å². The van der Waals surface area contributed by atoms with Crippen LogP contribution in [-0.4, -0.2) is 53.4 Å². The van der Waals surface area contributed by atoms with E-state index >= 15 is 0 Å². The highest BCUT2D eigenvalue weighted by molar-refractivity contribution is 5.28. The molecule has 4 rings (SSSR count). The quantitative estimate of drug-likeness (QED) is 0.832. The first kappa shape index (κ1) is 16.3. The van der Waals surface area contributed by atoms with E-state index in [9.17, 15) is 0 Å². The van der Waals surface area contributed by atoms with Gasteiger partial charge < -0.3 is 14.2 Å². The monoisotopic (exact) mass is 341 g/mol. The largest absolute Gasteiger partial charge is 0.497 e. The van der Waals surface area contributed by atoms with Gasteiger partial charge in [-0.25, -0.2) is 4.98 Å². The SMILES string of the molecule is COc1cccc(CN2CC3(C[C@H](Oc4cnccn4)CCO3)C2)c1. The second-order valence-corrected chi connectivity index (χ2v) is 6.80. The van der Waals surface area contributed by atoms with Crippen LogP contribution in [-0.2, 0) is 11.3 Å². The van der Waals surface area contributed by atoms with Crippen LogP contribution < -0.4 is 9.47 Å². The molecule has 25 heavy (non-hydrogen) atoms. The molecule has 2 aliphatic rings. The zero-order valence-corrected chi connectivity index (χ0v) is 14.4. The minimum atomic E-state index is -0.0794. The number of rotatable bonds is 5. The molecule has 132 valence electrons. The Balaban J connectivity index is 1.32. The Morgan fingerprint density at radius 1 is 1.32 bits per heavy atom. The van der Waals surface area contributed by atoms with Crippen LogP contribution in [0.4, 0.5) is 0 Å². The summed E-state index contributed by atoms with van der Waals surface area (Å²) in [5.74, 6) is 1.50. The van der Waals surface area contributed by atoms with Gasteiger partial charge in [-0.3, -0.25) is 9.88 Å². The van der Waals surface area contributed by atoms with Gasteiger partial charge in [0.25, 0.3) is 0 Å². The summed E-state index contributed by atoms with van der Waals surface area (Å²) in [6.07, 6.45) is 6.92. The van der Waals surface area contributed by atoms with Crippen LogP contribution in [0.1, 0.15) is 18.4 Å². The van der Waals surface area contributed by atoms with Crippen LogP contribution in [0.5, 0.6) is 11.6 Å². The zero-order valence-electron chi connectivity index (χ0n) is 14.4. The fourth-order valence-corrected chi connectivity index (χ4v) is 3.73. The minimum absolute atomic E-state index is 0.0794. The van der Waals surface area contributed by atoms with Crippen LogP contribution in [0.3, 0.4) is 0 Å². The number of likely N-dealkylation sites (tertiary alicyclic amines) is 1. The van der Waals surface area contributed by atoms with Crippen molar-refractivity contribution in [3.63, 3.8) is 0 Å². The molecule has 0 saturated carbocycles. The minimum Gasteiger partial charge on any atom is -0.497 e. The fraction of sp³-hybridized carbons (Fsp3) is 0.474. The number of benzene rings is 1. The van der Waals surface area contributed by atoms with E-state index in [0.29, 0.717) is 5.88 Å². The molecular formula is C19H23N3O3. The topological polar surface area (TPSA) is 56.7 Å². The molecule has 0 aliphatic carbocycles. The molecule has 6 nitrogen and oxygen atoms in total. The van der Waals surface area contributed by atoms with E-state index in [0.717, 1.165) is 44.8 Å². The molecule has 0 N–H and O–H groups in total. The molecule has 1 aromatic carbocycles. The molecule has 0 unspecified atom stereocenters. The number of nitrogens with zero attached hydrogens (tertiary/aromatic N) is 3. The molecule has 0 radical (unpaired) electrons. The summed E-state index contributed by atoms with van der Waals surface area (Å²) < 4.78 is 17.4. The molecule has 1 atom stereocenters. The molecule has 0 amide bonds. The molecule has 1 spiro atoms. The highest BCUT2D eigenvalue weighted by atomic mass is 16.5.